The molecule has 0 aliphatic heterocycles. The molecule has 3 aromatic heterocycles. The highest BCUT2D eigenvalue weighted by Gasteiger charge is 2.22. The SMILES string of the molecule is CCCCCc1c(Cl)n(CC2CCCCC2)c(=O)n1Cc1ccc(-c2cnccc2-c2nnn[nH]2)cc1. The highest BCUT2D eigenvalue weighted by Crippen LogP contribution is 2.30. The third-order valence-corrected chi connectivity index (χ3v) is 7.89. The maximum absolute atomic E-state index is 13.6. The Balaban J connectivity index is 1.42. The van der Waals surface area contributed by atoms with Crippen LogP contribution in [0.5, 0.6) is 0 Å². The number of tetrazole rings is 1. The first-order chi connectivity index (χ1) is 18.2. The lowest BCUT2D eigenvalue weighted by atomic mass is 9.89. The van der Waals surface area contributed by atoms with E-state index < -0.39 is 0 Å². The van der Waals surface area contributed by atoms with E-state index in [-0.39, 0.29) is 5.69 Å². The van der Waals surface area contributed by atoms with Gasteiger partial charge in [0.05, 0.1) is 12.2 Å². The van der Waals surface area contributed by atoms with Gasteiger partial charge in [0, 0.05) is 30.1 Å². The molecule has 1 saturated carbocycles. The van der Waals surface area contributed by atoms with Crippen molar-refractivity contribution in [3.63, 3.8) is 0 Å². The minimum Gasteiger partial charge on any atom is -0.290 e. The van der Waals surface area contributed by atoms with Crippen molar-refractivity contribution >= 4 is 11.6 Å². The van der Waals surface area contributed by atoms with Crippen LogP contribution in [0.3, 0.4) is 0 Å². The van der Waals surface area contributed by atoms with Crippen LogP contribution < -0.4 is 5.69 Å². The highest BCUT2D eigenvalue weighted by molar-refractivity contribution is 6.30. The molecular formula is C28H34ClN7O. The Kier molecular flexibility index (Phi) is 8.14. The fourth-order valence-electron chi connectivity index (χ4n) is 5.42. The Labute approximate surface area is 222 Å². The predicted octanol–water partition coefficient (Wildman–Crippen LogP) is 5.91. The molecule has 37 heavy (non-hydrogen) atoms. The first kappa shape index (κ1) is 25.4. The van der Waals surface area contributed by atoms with Gasteiger partial charge in [0.1, 0.15) is 5.15 Å². The first-order valence-electron chi connectivity index (χ1n) is 13.4. The molecule has 9 heteroatoms. The zero-order chi connectivity index (χ0) is 25.6. The molecule has 4 aromatic rings. The van der Waals surface area contributed by atoms with Crippen LogP contribution in [0.15, 0.2) is 47.5 Å². The van der Waals surface area contributed by atoms with Gasteiger partial charge in [-0.3, -0.25) is 14.1 Å². The van der Waals surface area contributed by atoms with Crippen molar-refractivity contribution in [2.24, 2.45) is 5.92 Å². The number of halogens is 1. The molecule has 1 fully saturated rings. The van der Waals surface area contributed by atoms with E-state index in [4.69, 9.17) is 11.6 Å². The molecule has 1 aliphatic rings. The number of H-pyrrole nitrogens is 1. The molecule has 0 bridgehead atoms. The van der Waals surface area contributed by atoms with E-state index in [9.17, 15) is 4.79 Å². The molecule has 3 heterocycles. The van der Waals surface area contributed by atoms with Crippen molar-refractivity contribution in [3.05, 3.63) is 69.6 Å². The molecule has 8 nitrogen and oxygen atoms in total. The van der Waals surface area contributed by atoms with Crippen LogP contribution >= 0.6 is 11.6 Å². The lowest BCUT2D eigenvalue weighted by Gasteiger charge is -2.21. The average molecular weight is 520 g/mol. The number of benzene rings is 1. The highest BCUT2D eigenvalue weighted by atomic mass is 35.5. The molecule has 0 saturated heterocycles. The fraction of sp³-hybridized carbons (Fsp3) is 0.464. The van der Waals surface area contributed by atoms with Crippen LogP contribution in [0.25, 0.3) is 22.5 Å². The summed E-state index contributed by atoms with van der Waals surface area (Å²) in [5.41, 5.74) is 4.86. The second-order valence-electron chi connectivity index (χ2n) is 10.0. The largest absolute Gasteiger partial charge is 0.329 e. The number of aromatic amines is 1. The second kappa shape index (κ2) is 11.9. The standard InChI is InChI=1S/C28H34ClN7O/c1-2-3-5-10-25-26(29)36(19-20-8-6-4-7-9-20)28(37)35(25)18-21-11-13-22(14-12-21)24-17-30-16-15-23(24)27-31-33-34-32-27/h11-17,20H,2-10,18-19H2,1H3,(H,31,32,33,34). The van der Waals surface area contributed by atoms with Crippen LogP contribution in [0, 0.1) is 5.92 Å². The number of unbranched alkanes of at least 4 members (excludes halogenated alkanes) is 2. The molecule has 0 spiro atoms. The Bertz CT molecular complexity index is 1350. The molecule has 194 valence electrons. The van der Waals surface area contributed by atoms with Gasteiger partial charge in [-0.15, -0.1) is 5.10 Å². The molecule has 1 aliphatic carbocycles. The quantitative estimate of drug-likeness (QED) is 0.263. The lowest BCUT2D eigenvalue weighted by Crippen LogP contribution is -2.28. The normalized spacial score (nSPS) is 14.3. The Morgan fingerprint density at radius 2 is 1.84 bits per heavy atom. The average Bonchev–Trinajstić information content (AvgIpc) is 3.55. The molecule has 5 rings (SSSR count). The van der Waals surface area contributed by atoms with E-state index in [1.54, 1.807) is 6.20 Å². The van der Waals surface area contributed by atoms with Gasteiger partial charge in [-0.05, 0) is 59.2 Å². The number of hydrogen-bond acceptors (Lipinski definition) is 5. The van der Waals surface area contributed by atoms with Crippen molar-refractivity contribution in [3.8, 4) is 22.5 Å². The summed E-state index contributed by atoms with van der Waals surface area (Å²) in [6, 6.07) is 10.1. The van der Waals surface area contributed by atoms with E-state index in [0.29, 0.717) is 23.4 Å². The zero-order valence-corrected chi connectivity index (χ0v) is 22.1. The Morgan fingerprint density at radius 1 is 1.03 bits per heavy atom. The number of nitrogens with zero attached hydrogens (tertiary/aromatic N) is 6. The number of aromatic nitrogens is 7. The van der Waals surface area contributed by atoms with Crippen LogP contribution in [0.2, 0.25) is 5.15 Å². The predicted molar refractivity (Wildman–Crippen MR) is 145 cm³/mol. The topological polar surface area (TPSA) is 94.3 Å². The maximum Gasteiger partial charge on any atom is 0.329 e. The van der Waals surface area contributed by atoms with Gasteiger partial charge in [0.2, 0.25) is 0 Å². The summed E-state index contributed by atoms with van der Waals surface area (Å²) in [5, 5.41) is 14.9. The number of nitrogens with one attached hydrogen (secondary N) is 1. The van der Waals surface area contributed by atoms with E-state index >= 15 is 0 Å². The molecule has 1 N–H and O–H groups in total. The van der Waals surface area contributed by atoms with Gasteiger partial charge >= 0.3 is 5.69 Å². The van der Waals surface area contributed by atoms with E-state index in [0.717, 1.165) is 60.2 Å². The van der Waals surface area contributed by atoms with Crippen molar-refractivity contribution in [2.75, 3.05) is 0 Å². The Hall–Kier alpha value is -3.26. The van der Waals surface area contributed by atoms with Gasteiger partial charge in [-0.25, -0.2) is 9.89 Å². The molecule has 1 aromatic carbocycles. The molecule has 0 amide bonds. The second-order valence-corrected chi connectivity index (χ2v) is 10.4. The fourth-order valence-corrected chi connectivity index (χ4v) is 5.76. The summed E-state index contributed by atoms with van der Waals surface area (Å²) in [6.07, 6.45) is 13.8. The summed E-state index contributed by atoms with van der Waals surface area (Å²) in [6.45, 7) is 3.42. The smallest absolute Gasteiger partial charge is 0.290 e. The minimum absolute atomic E-state index is 0.0125. The number of hydrogen-bond donors (Lipinski definition) is 1. The third kappa shape index (κ3) is 5.69. The van der Waals surface area contributed by atoms with Gasteiger partial charge < -0.3 is 0 Å². The summed E-state index contributed by atoms with van der Waals surface area (Å²) in [5.74, 6) is 1.13. The lowest BCUT2D eigenvalue weighted by molar-refractivity contribution is 0.315. The number of pyridine rings is 1. The zero-order valence-electron chi connectivity index (χ0n) is 21.4. The summed E-state index contributed by atoms with van der Waals surface area (Å²) < 4.78 is 3.73. The summed E-state index contributed by atoms with van der Waals surface area (Å²) in [4.78, 5) is 17.9. The number of imidazole rings is 1. The van der Waals surface area contributed by atoms with E-state index in [2.05, 4.69) is 56.8 Å². The van der Waals surface area contributed by atoms with Crippen LogP contribution in [0.1, 0.15) is 69.5 Å². The minimum atomic E-state index is 0.0125. The van der Waals surface area contributed by atoms with Crippen molar-refractivity contribution in [1.82, 2.24) is 34.7 Å². The monoisotopic (exact) mass is 519 g/mol. The van der Waals surface area contributed by atoms with Crippen LogP contribution in [-0.4, -0.2) is 34.7 Å². The van der Waals surface area contributed by atoms with Gasteiger partial charge in [0.15, 0.2) is 5.82 Å². The van der Waals surface area contributed by atoms with Crippen molar-refractivity contribution in [2.45, 2.75) is 77.8 Å². The van der Waals surface area contributed by atoms with E-state index in [1.807, 2.05) is 21.4 Å². The van der Waals surface area contributed by atoms with Crippen molar-refractivity contribution < 1.29 is 0 Å². The summed E-state index contributed by atoms with van der Waals surface area (Å²) in [7, 11) is 0. The van der Waals surface area contributed by atoms with Crippen LogP contribution in [-0.2, 0) is 19.5 Å². The maximum atomic E-state index is 13.6. The molecule has 0 radical (unpaired) electrons. The third-order valence-electron chi connectivity index (χ3n) is 7.47. The summed E-state index contributed by atoms with van der Waals surface area (Å²) >= 11 is 6.89. The first-order valence-corrected chi connectivity index (χ1v) is 13.8. The van der Waals surface area contributed by atoms with E-state index in [1.165, 1.54) is 32.1 Å². The Morgan fingerprint density at radius 3 is 2.57 bits per heavy atom. The van der Waals surface area contributed by atoms with Crippen molar-refractivity contribution in [1.29, 1.82) is 0 Å². The molecular weight excluding hydrogens is 486 g/mol. The van der Waals surface area contributed by atoms with Gasteiger partial charge in [-0.2, -0.15) is 0 Å². The van der Waals surface area contributed by atoms with Gasteiger partial charge in [0.25, 0.3) is 0 Å². The number of rotatable bonds is 10. The van der Waals surface area contributed by atoms with Gasteiger partial charge in [-0.1, -0.05) is 74.9 Å². The molecule has 0 unspecified atom stereocenters. The van der Waals surface area contributed by atoms with Crippen LogP contribution in [0.4, 0.5) is 0 Å². The molecule has 0 atom stereocenters.